The van der Waals surface area contributed by atoms with E-state index in [-0.39, 0.29) is 5.82 Å². The SMILES string of the molecule is Cc1cnc(CCN[C@@H](C)Cc2ccc(F)cc2)s1. The van der Waals surface area contributed by atoms with Crippen LogP contribution in [0.1, 0.15) is 22.4 Å². The Morgan fingerprint density at radius 1 is 1.32 bits per heavy atom. The van der Waals surface area contributed by atoms with Crippen molar-refractivity contribution in [2.24, 2.45) is 0 Å². The number of benzene rings is 1. The number of halogens is 1. The number of nitrogens with one attached hydrogen (secondary N) is 1. The lowest BCUT2D eigenvalue weighted by molar-refractivity contribution is 0.547. The van der Waals surface area contributed by atoms with Gasteiger partial charge in [0.15, 0.2) is 0 Å². The smallest absolute Gasteiger partial charge is 0.123 e. The molecule has 0 radical (unpaired) electrons. The predicted octanol–water partition coefficient (Wildman–Crippen LogP) is 3.35. The highest BCUT2D eigenvalue weighted by Gasteiger charge is 2.04. The molecule has 0 spiro atoms. The van der Waals surface area contributed by atoms with E-state index in [4.69, 9.17) is 0 Å². The molecule has 0 saturated carbocycles. The molecule has 0 fully saturated rings. The van der Waals surface area contributed by atoms with Gasteiger partial charge in [0, 0.05) is 30.1 Å². The Morgan fingerprint density at radius 2 is 2.05 bits per heavy atom. The zero-order valence-electron chi connectivity index (χ0n) is 11.3. The number of thiazole rings is 1. The maximum Gasteiger partial charge on any atom is 0.123 e. The summed E-state index contributed by atoms with van der Waals surface area (Å²) in [5.74, 6) is -0.177. The Balaban J connectivity index is 1.72. The Kier molecular flexibility index (Phi) is 5.05. The van der Waals surface area contributed by atoms with Crippen molar-refractivity contribution < 1.29 is 4.39 Å². The van der Waals surface area contributed by atoms with Crippen LogP contribution in [0.4, 0.5) is 4.39 Å². The molecule has 2 aromatic rings. The van der Waals surface area contributed by atoms with Gasteiger partial charge < -0.3 is 5.32 Å². The third-order valence-electron chi connectivity index (χ3n) is 2.96. The molecular formula is C15H19FN2S. The summed E-state index contributed by atoms with van der Waals surface area (Å²) in [5.41, 5.74) is 1.16. The quantitative estimate of drug-likeness (QED) is 0.876. The zero-order chi connectivity index (χ0) is 13.7. The summed E-state index contributed by atoms with van der Waals surface area (Å²) in [6.45, 7) is 5.15. The summed E-state index contributed by atoms with van der Waals surface area (Å²) in [6, 6.07) is 7.10. The number of rotatable bonds is 6. The first-order valence-electron chi connectivity index (χ1n) is 6.52. The molecule has 4 heteroatoms. The summed E-state index contributed by atoms with van der Waals surface area (Å²) < 4.78 is 12.8. The molecule has 2 nitrogen and oxygen atoms in total. The van der Waals surface area contributed by atoms with Gasteiger partial charge in [-0.1, -0.05) is 12.1 Å². The van der Waals surface area contributed by atoms with Crippen molar-refractivity contribution in [2.75, 3.05) is 6.54 Å². The first-order chi connectivity index (χ1) is 9.13. The van der Waals surface area contributed by atoms with Crippen molar-refractivity contribution in [3.63, 3.8) is 0 Å². The molecule has 0 aliphatic heterocycles. The van der Waals surface area contributed by atoms with Gasteiger partial charge in [0.05, 0.1) is 5.01 Å². The molecule has 0 bridgehead atoms. The molecule has 102 valence electrons. The van der Waals surface area contributed by atoms with Crippen molar-refractivity contribution in [3.05, 3.63) is 51.7 Å². The number of hydrogen-bond donors (Lipinski definition) is 1. The van der Waals surface area contributed by atoms with Crippen LogP contribution in [0.2, 0.25) is 0 Å². The molecule has 0 amide bonds. The van der Waals surface area contributed by atoms with Crippen LogP contribution in [0, 0.1) is 12.7 Å². The van der Waals surface area contributed by atoms with E-state index in [0.29, 0.717) is 6.04 Å². The molecule has 1 aromatic heterocycles. The maximum absolute atomic E-state index is 12.8. The number of hydrogen-bond acceptors (Lipinski definition) is 3. The van der Waals surface area contributed by atoms with E-state index in [1.807, 2.05) is 18.3 Å². The van der Waals surface area contributed by atoms with Crippen LogP contribution >= 0.6 is 11.3 Å². The molecule has 19 heavy (non-hydrogen) atoms. The van der Waals surface area contributed by atoms with Gasteiger partial charge >= 0.3 is 0 Å². The van der Waals surface area contributed by atoms with E-state index >= 15 is 0 Å². The molecule has 2 rings (SSSR count). The van der Waals surface area contributed by atoms with Crippen LogP contribution in [0.3, 0.4) is 0 Å². The average Bonchev–Trinajstić information content (AvgIpc) is 2.78. The largest absolute Gasteiger partial charge is 0.314 e. The molecule has 0 aliphatic rings. The normalized spacial score (nSPS) is 12.6. The summed E-state index contributed by atoms with van der Waals surface area (Å²) in [7, 11) is 0. The van der Waals surface area contributed by atoms with Gasteiger partial charge in [0.2, 0.25) is 0 Å². The lowest BCUT2D eigenvalue weighted by atomic mass is 10.1. The fraction of sp³-hybridized carbons (Fsp3) is 0.400. The molecule has 1 aromatic carbocycles. The fourth-order valence-electron chi connectivity index (χ4n) is 1.99. The Bertz CT molecular complexity index is 507. The number of aromatic nitrogens is 1. The minimum Gasteiger partial charge on any atom is -0.314 e. The summed E-state index contributed by atoms with van der Waals surface area (Å²) >= 11 is 1.75. The first-order valence-corrected chi connectivity index (χ1v) is 7.34. The van der Waals surface area contributed by atoms with Crippen LogP contribution < -0.4 is 5.32 Å². The zero-order valence-corrected chi connectivity index (χ0v) is 12.1. The second kappa shape index (κ2) is 6.78. The van der Waals surface area contributed by atoms with E-state index in [1.165, 1.54) is 22.0 Å². The van der Waals surface area contributed by atoms with Gasteiger partial charge in [-0.05, 0) is 38.0 Å². The third-order valence-corrected chi connectivity index (χ3v) is 3.93. The average molecular weight is 278 g/mol. The molecule has 0 aliphatic carbocycles. The third kappa shape index (κ3) is 4.73. The van der Waals surface area contributed by atoms with Gasteiger partial charge in [-0.25, -0.2) is 9.37 Å². The van der Waals surface area contributed by atoms with Gasteiger partial charge in [0.25, 0.3) is 0 Å². The van der Waals surface area contributed by atoms with Gasteiger partial charge in [0.1, 0.15) is 5.82 Å². The predicted molar refractivity (Wildman–Crippen MR) is 78.1 cm³/mol. The maximum atomic E-state index is 12.8. The van der Waals surface area contributed by atoms with Crippen molar-refractivity contribution in [1.29, 1.82) is 0 Å². The second-order valence-corrected chi connectivity index (χ2v) is 6.12. The van der Waals surface area contributed by atoms with E-state index in [0.717, 1.165) is 24.9 Å². The topological polar surface area (TPSA) is 24.9 Å². The summed E-state index contributed by atoms with van der Waals surface area (Å²) in [4.78, 5) is 5.60. The van der Waals surface area contributed by atoms with Gasteiger partial charge in [-0.3, -0.25) is 0 Å². The van der Waals surface area contributed by atoms with E-state index in [9.17, 15) is 4.39 Å². The van der Waals surface area contributed by atoms with Crippen LogP contribution in [-0.4, -0.2) is 17.6 Å². The van der Waals surface area contributed by atoms with E-state index < -0.39 is 0 Å². The summed E-state index contributed by atoms with van der Waals surface area (Å²) in [5, 5.41) is 4.66. The highest BCUT2D eigenvalue weighted by molar-refractivity contribution is 7.11. The number of aryl methyl sites for hydroxylation is 1. The van der Waals surface area contributed by atoms with Crippen LogP contribution in [0.15, 0.2) is 30.5 Å². The molecular weight excluding hydrogens is 259 g/mol. The monoisotopic (exact) mass is 278 g/mol. The molecule has 1 N–H and O–H groups in total. The number of nitrogens with zero attached hydrogens (tertiary/aromatic N) is 1. The Hall–Kier alpha value is -1.26. The Morgan fingerprint density at radius 3 is 2.68 bits per heavy atom. The lowest BCUT2D eigenvalue weighted by Crippen LogP contribution is -2.29. The molecule has 1 atom stereocenters. The minimum absolute atomic E-state index is 0.177. The van der Waals surface area contributed by atoms with Crippen molar-refractivity contribution >= 4 is 11.3 Å². The molecule has 0 unspecified atom stereocenters. The van der Waals surface area contributed by atoms with Crippen molar-refractivity contribution in [2.45, 2.75) is 32.7 Å². The minimum atomic E-state index is -0.177. The van der Waals surface area contributed by atoms with Crippen LogP contribution in [-0.2, 0) is 12.8 Å². The van der Waals surface area contributed by atoms with E-state index in [1.54, 1.807) is 11.3 Å². The van der Waals surface area contributed by atoms with Crippen molar-refractivity contribution in [1.82, 2.24) is 10.3 Å². The summed E-state index contributed by atoms with van der Waals surface area (Å²) in [6.07, 6.45) is 3.80. The van der Waals surface area contributed by atoms with Gasteiger partial charge in [-0.2, -0.15) is 0 Å². The van der Waals surface area contributed by atoms with Crippen LogP contribution in [0.5, 0.6) is 0 Å². The highest BCUT2D eigenvalue weighted by Crippen LogP contribution is 2.11. The van der Waals surface area contributed by atoms with Gasteiger partial charge in [-0.15, -0.1) is 11.3 Å². The van der Waals surface area contributed by atoms with Crippen LogP contribution in [0.25, 0.3) is 0 Å². The fourth-order valence-corrected chi connectivity index (χ4v) is 2.78. The molecule has 1 heterocycles. The first kappa shape index (κ1) is 14.2. The van der Waals surface area contributed by atoms with E-state index in [2.05, 4.69) is 24.1 Å². The standard InChI is InChI=1S/C15H19FN2S/c1-11(9-13-3-5-14(16)6-4-13)17-8-7-15-18-10-12(2)19-15/h3-6,10-11,17H,7-9H2,1-2H3/t11-/m0/s1. The highest BCUT2D eigenvalue weighted by atomic mass is 32.1. The Labute approximate surface area is 117 Å². The van der Waals surface area contributed by atoms with Crippen molar-refractivity contribution in [3.8, 4) is 0 Å². The molecule has 0 saturated heterocycles. The lowest BCUT2D eigenvalue weighted by Gasteiger charge is -2.13. The second-order valence-electron chi connectivity index (χ2n) is 4.80.